The minimum absolute atomic E-state index is 0.0392. The topological polar surface area (TPSA) is 0 Å². The predicted octanol–water partition coefficient (Wildman–Crippen LogP) is 6.74. The Labute approximate surface area is 135 Å². The van der Waals surface area contributed by atoms with Crippen LogP contribution in [0.5, 0.6) is 0 Å². The van der Waals surface area contributed by atoms with Crippen molar-refractivity contribution < 1.29 is 0 Å². The van der Waals surface area contributed by atoms with E-state index < -0.39 is 0 Å². The zero-order valence-electron chi connectivity index (χ0n) is 14.1. The van der Waals surface area contributed by atoms with E-state index in [1.165, 1.54) is 51.4 Å². The average molecular weight is 463 g/mol. The fourth-order valence-corrected chi connectivity index (χ4v) is 6.72. The van der Waals surface area contributed by atoms with Crippen LogP contribution in [0.25, 0.3) is 0 Å². The van der Waals surface area contributed by atoms with Crippen LogP contribution in [0.3, 0.4) is 0 Å². The molecular weight excluding hydrogens is 425 g/mol. The molecule has 0 saturated heterocycles. The Kier molecular flexibility index (Phi) is 16.0. The Bertz CT molecular complexity index is 145. The van der Waals surface area contributed by atoms with Crippen molar-refractivity contribution >= 4 is 23.2 Å². The van der Waals surface area contributed by atoms with Crippen molar-refractivity contribution in [2.24, 2.45) is 11.8 Å². The number of rotatable bonds is 14. The average Bonchev–Trinajstić information content (AvgIpc) is 2.34. The molecule has 2 radical (unpaired) electrons. The summed E-state index contributed by atoms with van der Waals surface area (Å²) in [7, 11) is 0. The number of unbranched alkanes of at least 4 members (excludes halogenated alkanes) is 6. The molecule has 0 fully saturated rings. The summed E-state index contributed by atoms with van der Waals surface area (Å²) in [5.74, 6) is 1.82. The van der Waals surface area contributed by atoms with Gasteiger partial charge in [-0.3, -0.25) is 0 Å². The summed E-state index contributed by atoms with van der Waals surface area (Å²) in [4.78, 5) is 0. The third-order valence-corrected chi connectivity index (χ3v) is 8.61. The van der Waals surface area contributed by atoms with Crippen LogP contribution in [0.1, 0.15) is 91.9 Å². The van der Waals surface area contributed by atoms with Crippen molar-refractivity contribution in [3.8, 4) is 0 Å². The second-order valence-electron chi connectivity index (χ2n) is 6.86. The fourth-order valence-electron chi connectivity index (χ4n) is 2.37. The molecule has 0 amide bonds. The van der Waals surface area contributed by atoms with Gasteiger partial charge in [0.25, 0.3) is 0 Å². The van der Waals surface area contributed by atoms with E-state index in [0.29, 0.717) is 0 Å². The summed E-state index contributed by atoms with van der Waals surface area (Å²) in [6.45, 7) is 9.37. The van der Waals surface area contributed by atoms with Crippen molar-refractivity contribution in [1.29, 1.82) is 0 Å². The van der Waals surface area contributed by atoms with Gasteiger partial charge in [-0.25, -0.2) is 0 Å². The molecule has 0 atom stereocenters. The van der Waals surface area contributed by atoms with Crippen molar-refractivity contribution in [1.82, 2.24) is 0 Å². The molecule has 0 N–H and O–H groups in total. The van der Waals surface area contributed by atoms with Crippen molar-refractivity contribution in [3.05, 3.63) is 0 Å². The molecule has 0 aliphatic carbocycles. The van der Waals surface area contributed by atoms with Gasteiger partial charge in [0.15, 0.2) is 0 Å². The van der Waals surface area contributed by atoms with Gasteiger partial charge in [0.05, 0.1) is 0 Å². The maximum absolute atomic E-state index is 2.34. The van der Waals surface area contributed by atoms with E-state index in [-0.39, 0.29) is 23.2 Å². The molecule has 0 aromatic heterocycles. The van der Waals surface area contributed by atoms with E-state index in [1.807, 2.05) is 0 Å². The van der Waals surface area contributed by atoms with Crippen LogP contribution < -0.4 is 0 Å². The molecule has 0 aliphatic heterocycles. The first kappa shape index (κ1) is 19.9. The van der Waals surface area contributed by atoms with E-state index in [1.54, 1.807) is 21.1 Å². The third kappa shape index (κ3) is 18.9. The van der Waals surface area contributed by atoms with E-state index in [0.717, 1.165) is 11.8 Å². The van der Waals surface area contributed by atoms with Crippen LogP contribution in [0.2, 0.25) is 8.26 Å². The van der Waals surface area contributed by atoms with Crippen LogP contribution in [0, 0.1) is 11.8 Å². The summed E-state index contributed by atoms with van der Waals surface area (Å²) in [6.07, 6.45) is 15.0. The van der Waals surface area contributed by atoms with Crippen LogP contribution in [-0.4, -0.2) is 23.2 Å². The van der Waals surface area contributed by atoms with Gasteiger partial charge in [0.1, 0.15) is 0 Å². The van der Waals surface area contributed by atoms with Gasteiger partial charge in [-0.15, -0.1) is 0 Å². The molecule has 1 heteroatoms. The summed E-state index contributed by atoms with van der Waals surface area (Å²) >= 11 is -0.0392. The monoisotopic (exact) mass is 463 g/mol. The number of hydrogen-bond donors (Lipinski definition) is 0. The molecule has 0 aromatic rings. The number of hydrogen-bond acceptors (Lipinski definition) is 0. The van der Waals surface area contributed by atoms with Gasteiger partial charge in [0, 0.05) is 0 Å². The van der Waals surface area contributed by atoms with Gasteiger partial charge in [-0.2, -0.15) is 0 Å². The molecular formula is C18H38Bi+. The molecule has 114 valence electrons. The third-order valence-electron chi connectivity index (χ3n) is 3.70. The van der Waals surface area contributed by atoms with E-state index in [9.17, 15) is 0 Å². The van der Waals surface area contributed by atoms with Crippen molar-refractivity contribution in [2.75, 3.05) is 0 Å². The van der Waals surface area contributed by atoms with Gasteiger partial charge < -0.3 is 0 Å². The fraction of sp³-hybridized carbons (Fsp3) is 1.00. The van der Waals surface area contributed by atoms with E-state index in [4.69, 9.17) is 0 Å². The quantitative estimate of drug-likeness (QED) is 0.198. The summed E-state index contributed by atoms with van der Waals surface area (Å²) in [6, 6.07) is 0. The molecule has 0 bridgehead atoms. The second kappa shape index (κ2) is 15.3. The van der Waals surface area contributed by atoms with Crippen LogP contribution in [0.4, 0.5) is 0 Å². The predicted molar refractivity (Wildman–Crippen MR) is 91.2 cm³/mol. The molecule has 0 nitrogen and oxygen atoms in total. The van der Waals surface area contributed by atoms with E-state index >= 15 is 0 Å². The van der Waals surface area contributed by atoms with Crippen LogP contribution in [0.15, 0.2) is 0 Å². The van der Waals surface area contributed by atoms with Gasteiger partial charge >= 0.3 is 135 Å². The molecule has 0 spiro atoms. The maximum atomic E-state index is 2.34. The zero-order valence-corrected chi connectivity index (χ0v) is 17.6. The minimum atomic E-state index is -0.0392. The Hall–Kier alpha value is 0.883. The van der Waals surface area contributed by atoms with Crippen molar-refractivity contribution in [3.63, 3.8) is 0 Å². The van der Waals surface area contributed by atoms with Crippen LogP contribution >= 0.6 is 0 Å². The Morgan fingerprint density at radius 3 is 1.26 bits per heavy atom. The Morgan fingerprint density at radius 2 is 0.895 bits per heavy atom. The first-order valence-corrected chi connectivity index (χ1v) is 13.7. The first-order chi connectivity index (χ1) is 9.13. The SMILES string of the molecule is CC(C)CCCCC[CH2][Bi+][CH2]CCCCCC(C)C. The van der Waals surface area contributed by atoms with Gasteiger partial charge in [0.2, 0.25) is 0 Å². The zero-order chi connectivity index (χ0) is 14.3. The summed E-state index contributed by atoms with van der Waals surface area (Å²) in [5, 5.41) is 0. The van der Waals surface area contributed by atoms with E-state index in [2.05, 4.69) is 27.7 Å². The van der Waals surface area contributed by atoms with Crippen molar-refractivity contribution in [2.45, 2.75) is 100 Å². The molecule has 0 rings (SSSR count). The molecule has 19 heavy (non-hydrogen) atoms. The van der Waals surface area contributed by atoms with Gasteiger partial charge in [-0.05, 0) is 0 Å². The Morgan fingerprint density at radius 1 is 0.526 bits per heavy atom. The second-order valence-corrected chi connectivity index (χ2v) is 12.1. The molecule has 0 aliphatic rings. The molecule has 0 heterocycles. The molecule has 0 unspecified atom stereocenters. The first-order valence-electron chi connectivity index (χ1n) is 8.76. The normalized spacial score (nSPS) is 11.7. The Balaban J connectivity index is 2.95. The molecule has 0 aromatic carbocycles. The summed E-state index contributed by atoms with van der Waals surface area (Å²) < 4.78 is 3.32. The van der Waals surface area contributed by atoms with Gasteiger partial charge in [-0.1, -0.05) is 0 Å². The van der Waals surface area contributed by atoms with Crippen LogP contribution in [-0.2, 0) is 0 Å². The standard InChI is InChI=1S/2C9H19.Bi/c2*1-4-5-6-7-8-9(2)3;/h2*9H,1,4-8H2,2-3H3;/q;;+1. The summed E-state index contributed by atoms with van der Waals surface area (Å²) in [5.41, 5.74) is 0. The molecule has 0 saturated carbocycles.